The molecule has 18 heavy (non-hydrogen) atoms. The topological polar surface area (TPSA) is 38.0 Å². The maximum Gasteiger partial charge on any atom is 0.123 e. The quantitative estimate of drug-likeness (QED) is 0.814. The number of hydrogen-bond acceptors (Lipinski definition) is 2. The summed E-state index contributed by atoms with van der Waals surface area (Å²) in [5.41, 5.74) is 7.92. The summed E-state index contributed by atoms with van der Waals surface area (Å²) in [5, 5.41) is 3.52. The molecule has 1 aromatic rings. The maximum absolute atomic E-state index is 13.1. The average molecular weight is 250 g/mol. The van der Waals surface area contributed by atoms with E-state index in [1.165, 1.54) is 18.9 Å². The van der Waals surface area contributed by atoms with E-state index < -0.39 is 0 Å². The van der Waals surface area contributed by atoms with Gasteiger partial charge in [-0.2, -0.15) is 0 Å². The van der Waals surface area contributed by atoms with Crippen molar-refractivity contribution in [2.45, 2.75) is 32.7 Å². The lowest BCUT2D eigenvalue weighted by molar-refractivity contribution is 0.422. The smallest absolute Gasteiger partial charge is 0.123 e. The van der Waals surface area contributed by atoms with Gasteiger partial charge in [-0.1, -0.05) is 13.0 Å². The van der Waals surface area contributed by atoms with Crippen molar-refractivity contribution in [1.82, 2.24) is 5.32 Å². The monoisotopic (exact) mass is 250 g/mol. The average Bonchev–Trinajstić information content (AvgIpc) is 3.15. The molecule has 2 nitrogen and oxygen atoms in total. The molecule has 2 rings (SSSR count). The lowest BCUT2D eigenvalue weighted by atomic mass is 9.99. The van der Waals surface area contributed by atoms with Gasteiger partial charge in [0.25, 0.3) is 0 Å². The SMILES string of the molecule is Cc1cc(F)ccc1C(CN)NCC(C)C1CC1. The van der Waals surface area contributed by atoms with Gasteiger partial charge in [0.15, 0.2) is 0 Å². The lowest BCUT2D eigenvalue weighted by Crippen LogP contribution is -2.32. The van der Waals surface area contributed by atoms with Gasteiger partial charge in [0.1, 0.15) is 5.82 Å². The normalized spacial score (nSPS) is 18.7. The predicted molar refractivity (Wildman–Crippen MR) is 72.8 cm³/mol. The Morgan fingerprint density at radius 2 is 2.17 bits per heavy atom. The summed E-state index contributed by atoms with van der Waals surface area (Å²) < 4.78 is 13.1. The van der Waals surface area contributed by atoms with E-state index in [1.54, 1.807) is 6.07 Å². The van der Waals surface area contributed by atoms with Gasteiger partial charge in [0, 0.05) is 12.6 Å². The molecule has 3 heteroatoms. The molecule has 1 aliphatic carbocycles. The van der Waals surface area contributed by atoms with Gasteiger partial charge < -0.3 is 11.1 Å². The highest BCUT2D eigenvalue weighted by Crippen LogP contribution is 2.36. The van der Waals surface area contributed by atoms with Crippen molar-refractivity contribution in [3.8, 4) is 0 Å². The van der Waals surface area contributed by atoms with Crippen LogP contribution in [0.3, 0.4) is 0 Å². The van der Waals surface area contributed by atoms with E-state index >= 15 is 0 Å². The summed E-state index contributed by atoms with van der Waals surface area (Å²) in [7, 11) is 0. The molecule has 0 radical (unpaired) electrons. The van der Waals surface area contributed by atoms with Crippen LogP contribution in [-0.4, -0.2) is 13.1 Å². The predicted octanol–water partition coefficient (Wildman–Crippen LogP) is 2.77. The molecule has 1 aliphatic rings. The fourth-order valence-electron chi connectivity index (χ4n) is 2.51. The Balaban J connectivity index is 1.98. The standard InChI is InChI=1S/C15H23FN2/c1-10-7-13(16)5-6-14(10)15(8-17)18-9-11(2)12-3-4-12/h5-7,11-12,15,18H,3-4,8-9,17H2,1-2H3. The number of benzene rings is 1. The first-order chi connectivity index (χ1) is 8.61. The van der Waals surface area contributed by atoms with Crippen LogP contribution in [-0.2, 0) is 0 Å². The largest absolute Gasteiger partial charge is 0.329 e. The van der Waals surface area contributed by atoms with Crippen LogP contribution in [0.2, 0.25) is 0 Å². The summed E-state index contributed by atoms with van der Waals surface area (Å²) in [6.45, 7) is 5.76. The number of nitrogens with two attached hydrogens (primary N) is 1. The molecular formula is C15H23FN2. The maximum atomic E-state index is 13.1. The van der Waals surface area contributed by atoms with Crippen LogP contribution in [0.5, 0.6) is 0 Å². The number of halogens is 1. The fraction of sp³-hybridized carbons (Fsp3) is 0.600. The molecule has 0 spiro atoms. The van der Waals surface area contributed by atoms with Crippen molar-refractivity contribution >= 4 is 0 Å². The second kappa shape index (κ2) is 5.81. The molecule has 0 saturated heterocycles. The van der Waals surface area contributed by atoms with Crippen molar-refractivity contribution in [3.63, 3.8) is 0 Å². The summed E-state index contributed by atoms with van der Waals surface area (Å²) in [5.74, 6) is 1.42. The lowest BCUT2D eigenvalue weighted by Gasteiger charge is -2.21. The van der Waals surface area contributed by atoms with E-state index in [0.717, 1.165) is 23.6 Å². The van der Waals surface area contributed by atoms with Gasteiger partial charge in [-0.05, 0) is 61.4 Å². The Bertz CT molecular complexity index is 401. The molecule has 100 valence electrons. The van der Waals surface area contributed by atoms with E-state index in [1.807, 2.05) is 13.0 Å². The summed E-state index contributed by atoms with van der Waals surface area (Å²) in [6, 6.07) is 5.06. The first-order valence-corrected chi connectivity index (χ1v) is 6.81. The van der Waals surface area contributed by atoms with Crippen LogP contribution in [0.1, 0.15) is 36.9 Å². The second-order valence-electron chi connectivity index (χ2n) is 5.51. The minimum atomic E-state index is -0.182. The summed E-state index contributed by atoms with van der Waals surface area (Å²) in [6.07, 6.45) is 2.73. The van der Waals surface area contributed by atoms with E-state index in [9.17, 15) is 4.39 Å². The molecule has 1 fully saturated rings. The van der Waals surface area contributed by atoms with E-state index in [0.29, 0.717) is 12.5 Å². The molecule has 2 atom stereocenters. The van der Waals surface area contributed by atoms with Crippen molar-refractivity contribution < 1.29 is 4.39 Å². The van der Waals surface area contributed by atoms with E-state index in [2.05, 4.69) is 12.2 Å². The highest BCUT2D eigenvalue weighted by atomic mass is 19.1. The van der Waals surface area contributed by atoms with Gasteiger partial charge in [-0.3, -0.25) is 0 Å². The Morgan fingerprint density at radius 3 is 2.72 bits per heavy atom. The zero-order valence-electron chi connectivity index (χ0n) is 11.2. The number of aryl methyl sites for hydroxylation is 1. The van der Waals surface area contributed by atoms with Crippen LogP contribution in [0, 0.1) is 24.6 Å². The van der Waals surface area contributed by atoms with Crippen LogP contribution < -0.4 is 11.1 Å². The highest BCUT2D eigenvalue weighted by Gasteiger charge is 2.28. The molecule has 0 aromatic heterocycles. The van der Waals surface area contributed by atoms with Crippen molar-refractivity contribution in [2.24, 2.45) is 17.6 Å². The third kappa shape index (κ3) is 3.30. The first kappa shape index (κ1) is 13.5. The molecule has 2 unspecified atom stereocenters. The first-order valence-electron chi connectivity index (χ1n) is 6.81. The van der Waals surface area contributed by atoms with Crippen LogP contribution in [0.4, 0.5) is 4.39 Å². The summed E-state index contributed by atoms with van der Waals surface area (Å²) >= 11 is 0. The number of nitrogens with one attached hydrogen (secondary N) is 1. The zero-order chi connectivity index (χ0) is 13.1. The Labute approximate surface area is 109 Å². The number of hydrogen-bond donors (Lipinski definition) is 2. The van der Waals surface area contributed by atoms with Gasteiger partial charge in [-0.15, -0.1) is 0 Å². The van der Waals surface area contributed by atoms with Gasteiger partial charge >= 0.3 is 0 Å². The second-order valence-corrected chi connectivity index (χ2v) is 5.51. The Kier molecular flexibility index (Phi) is 4.36. The third-order valence-electron chi connectivity index (χ3n) is 3.96. The molecule has 0 heterocycles. The summed E-state index contributed by atoms with van der Waals surface area (Å²) in [4.78, 5) is 0. The van der Waals surface area contributed by atoms with Crippen molar-refractivity contribution in [3.05, 3.63) is 35.1 Å². The van der Waals surface area contributed by atoms with E-state index in [4.69, 9.17) is 5.73 Å². The molecule has 0 amide bonds. The third-order valence-corrected chi connectivity index (χ3v) is 3.96. The number of rotatable bonds is 6. The minimum Gasteiger partial charge on any atom is -0.329 e. The Hall–Kier alpha value is -0.930. The van der Waals surface area contributed by atoms with Crippen molar-refractivity contribution in [2.75, 3.05) is 13.1 Å². The van der Waals surface area contributed by atoms with Gasteiger partial charge in [0.05, 0.1) is 0 Å². The van der Waals surface area contributed by atoms with Gasteiger partial charge in [0.2, 0.25) is 0 Å². The fourth-order valence-corrected chi connectivity index (χ4v) is 2.51. The molecular weight excluding hydrogens is 227 g/mol. The van der Waals surface area contributed by atoms with Crippen LogP contribution >= 0.6 is 0 Å². The zero-order valence-corrected chi connectivity index (χ0v) is 11.2. The minimum absolute atomic E-state index is 0.131. The molecule has 0 aliphatic heterocycles. The Morgan fingerprint density at radius 1 is 1.44 bits per heavy atom. The highest BCUT2D eigenvalue weighted by molar-refractivity contribution is 5.29. The van der Waals surface area contributed by atoms with Crippen molar-refractivity contribution in [1.29, 1.82) is 0 Å². The molecule has 0 bridgehead atoms. The van der Waals surface area contributed by atoms with E-state index in [-0.39, 0.29) is 11.9 Å². The van der Waals surface area contributed by atoms with Crippen LogP contribution in [0.15, 0.2) is 18.2 Å². The van der Waals surface area contributed by atoms with Gasteiger partial charge in [-0.25, -0.2) is 4.39 Å². The molecule has 3 N–H and O–H groups in total. The molecule has 1 saturated carbocycles. The van der Waals surface area contributed by atoms with Crippen LogP contribution in [0.25, 0.3) is 0 Å². The molecule has 1 aromatic carbocycles.